The zero-order valence-corrected chi connectivity index (χ0v) is 10.9. The highest BCUT2D eigenvalue weighted by atomic mass is 35.5. The summed E-state index contributed by atoms with van der Waals surface area (Å²) in [6.45, 7) is 1.25. The fraction of sp³-hybridized carbons (Fsp3) is 0.286. The molecular weight excluding hydrogens is 268 g/mol. The molecule has 0 amide bonds. The Bertz CT molecular complexity index is 579. The fourth-order valence-corrected chi connectivity index (χ4v) is 2.14. The average Bonchev–Trinajstić information content (AvgIpc) is 2.72. The molecule has 0 aliphatic carbocycles. The molecular formula is C14H13ClO4. The van der Waals surface area contributed by atoms with E-state index in [9.17, 15) is 5.11 Å². The van der Waals surface area contributed by atoms with Crippen LogP contribution in [-0.4, -0.2) is 18.3 Å². The van der Waals surface area contributed by atoms with E-state index in [1.54, 1.807) is 30.3 Å². The number of aliphatic hydroxyl groups excluding tert-OH is 1. The van der Waals surface area contributed by atoms with Crippen LogP contribution in [0.25, 0.3) is 0 Å². The molecule has 19 heavy (non-hydrogen) atoms. The summed E-state index contributed by atoms with van der Waals surface area (Å²) in [5.41, 5.74) is 0.676. The number of furan rings is 1. The zero-order chi connectivity index (χ0) is 13.2. The second kappa shape index (κ2) is 5.15. The maximum absolute atomic E-state index is 10.2. The largest absolute Gasteiger partial charge is 0.490 e. The average molecular weight is 281 g/mol. The van der Waals surface area contributed by atoms with Gasteiger partial charge in [0.1, 0.15) is 11.9 Å². The van der Waals surface area contributed by atoms with Crippen molar-refractivity contribution in [2.75, 3.05) is 13.2 Å². The van der Waals surface area contributed by atoms with Gasteiger partial charge in [0.05, 0.1) is 13.2 Å². The summed E-state index contributed by atoms with van der Waals surface area (Å²) in [6.07, 6.45) is -0.0231. The lowest BCUT2D eigenvalue weighted by Crippen LogP contribution is -2.00. The number of ether oxygens (including phenoxy) is 2. The van der Waals surface area contributed by atoms with E-state index in [-0.39, 0.29) is 5.22 Å². The van der Waals surface area contributed by atoms with E-state index in [2.05, 4.69) is 0 Å². The van der Waals surface area contributed by atoms with Crippen molar-refractivity contribution in [3.05, 3.63) is 46.9 Å². The lowest BCUT2D eigenvalue weighted by Gasteiger charge is -2.12. The third kappa shape index (κ3) is 2.55. The molecule has 0 saturated carbocycles. The van der Waals surface area contributed by atoms with Gasteiger partial charge >= 0.3 is 0 Å². The van der Waals surface area contributed by atoms with Gasteiger partial charge < -0.3 is 19.0 Å². The molecule has 0 fully saturated rings. The van der Waals surface area contributed by atoms with E-state index in [1.165, 1.54) is 0 Å². The van der Waals surface area contributed by atoms with Gasteiger partial charge in [0.15, 0.2) is 16.7 Å². The topological polar surface area (TPSA) is 51.8 Å². The Morgan fingerprint density at radius 2 is 1.84 bits per heavy atom. The van der Waals surface area contributed by atoms with E-state index in [1.807, 2.05) is 0 Å². The van der Waals surface area contributed by atoms with Gasteiger partial charge in [-0.15, -0.1) is 0 Å². The summed E-state index contributed by atoms with van der Waals surface area (Å²) in [5, 5.41) is 10.5. The molecule has 1 atom stereocenters. The Hall–Kier alpha value is -1.65. The molecule has 1 aliphatic rings. The molecule has 3 rings (SSSR count). The van der Waals surface area contributed by atoms with Crippen molar-refractivity contribution in [1.82, 2.24) is 0 Å². The van der Waals surface area contributed by atoms with Crippen LogP contribution >= 0.6 is 11.6 Å². The number of rotatable bonds is 2. The van der Waals surface area contributed by atoms with Crippen LogP contribution in [0.2, 0.25) is 5.22 Å². The van der Waals surface area contributed by atoms with E-state index < -0.39 is 6.10 Å². The zero-order valence-electron chi connectivity index (χ0n) is 10.1. The molecule has 0 radical (unpaired) electrons. The van der Waals surface area contributed by atoms with Gasteiger partial charge in [0, 0.05) is 6.42 Å². The molecule has 100 valence electrons. The third-order valence-electron chi connectivity index (χ3n) is 2.95. The van der Waals surface area contributed by atoms with Crippen LogP contribution in [0.1, 0.15) is 23.8 Å². The highest BCUT2D eigenvalue weighted by Crippen LogP contribution is 2.34. The van der Waals surface area contributed by atoms with E-state index in [0.29, 0.717) is 36.0 Å². The van der Waals surface area contributed by atoms with Crippen LogP contribution in [0.4, 0.5) is 0 Å². The van der Waals surface area contributed by atoms with E-state index in [4.69, 9.17) is 25.5 Å². The maximum Gasteiger partial charge on any atom is 0.193 e. The number of benzene rings is 1. The van der Waals surface area contributed by atoms with Crippen molar-refractivity contribution < 1.29 is 19.0 Å². The Labute approximate surface area is 115 Å². The summed E-state index contributed by atoms with van der Waals surface area (Å²) in [5.74, 6) is 1.75. The first-order valence-corrected chi connectivity index (χ1v) is 6.45. The van der Waals surface area contributed by atoms with Crippen molar-refractivity contribution in [3.8, 4) is 11.5 Å². The third-order valence-corrected chi connectivity index (χ3v) is 3.15. The summed E-state index contributed by atoms with van der Waals surface area (Å²) < 4.78 is 16.3. The predicted molar refractivity (Wildman–Crippen MR) is 69.8 cm³/mol. The summed E-state index contributed by atoms with van der Waals surface area (Å²) in [6, 6.07) is 8.60. The van der Waals surface area contributed by atoms with Crippen molar-refractivity contribution in [2.45, 2.75) is 12.5 Å². The molecule has 1 unspecified atom stereocenters. The van der Waals surface area contributed by atoms with Crippen LogP contribution in [-0.2, 0) is 0 Å². The van der Waals surface area contributed by atoms with Gasteiger partial charge in [0.2, 0.25) is 0 Å². The Morgan fingerprint density at radius 3 is 2.58 bits per heavy atom. The molecule has 4 nitrogen and oxygen atoms in total. The molecule has 2 heterocycles. The quantitative estimate of drug-likeness (QED) is 0.918. The first-order chi connectivity index (χ1) is 9.24. The van der Waals surface area contributed by atoms with Crippen LogP contribution in [0, 0.1) is 0 Å². The van der Waals surface area contributed by atoms with Crippen LogP contribution in [0.5, 0.6) is 11.5 Å². The Morgan fingerprint density at radius 1 is 1.05 bits per heavy atom. The normalized spacial score (nSPS) is 15.9. The number of fused-ring (bicyclic) bond motifs is 1. The second-order valence-corrected chi connectivity index (χ2v) is 4.67. The number of aliphatic hydroxyl groups is 1. The monoisotopic (exact) mass is 280 g/mol. The van der Waals surface area contributed by atoms with Gasteiger partial charge in [-0.2, -0.15) is 0 Å². The number of hydrogen-bond acceptors (Lipinski definition) is 4. The highest BCUT2D eigenvalue weighted by molar-refractivity contribution is 6.28. The predicted octanol–water partition coefficient (Wildman–Crippen LogP) is 3.18. The molecule has 0 bridgehead atoms. The standard InChI is InChI=1S/C14H13ClO4/c15-13-5-4-11(19-13)14(16)9-2-3-10-12(8-9)18-7-1-6-17-10/h2-5,8,14,16H,1,6-7H2. The maximum atomic E-state index is 10.2. The lowest BCUT2D eigenvalue weighted by atomic mass is 10.1. The summed E-state index contributed by atoms with van der Waals surface area (Å²) in [7, 11) is 0. The van der Waals surface area contributed by atoms with E-state index >= 15 is 0 Å². The first kappa shape index (κ1) is 12.4. The van der Waals surface area contributed by atoms with E-state index in [0.717, 1.165) is 6.42 Å². The molecule has 2 aromatic rings. The minimum absolute atomic E-state index is 0.253. The van der Waals surface area contributed by atoms with Crippen LogP contribution in [0.3, 0.4) is 0 Å². The fourth-order valence-electron chi connectivity index (χ4n) is 1.99. The summed E-state index contributed by atoms with van der Waals surface area (Å²) in [4.78, 5) is 0. The van der Waals surface area contributed by atoms with Gasteiger partial charge in [-0.3, -0.25) is 0 Å². The first-order valence-electron chi connectivity index (χ1n) is 6.07. The molecule has 0 saturated heterocycles. The number of halogens is 1. The van der Waals surface area contributed by atoms with Crippen molar-refractivity contribution in [2.24, 2.45) is 0 Å². The van der Waals surface area contributed by atoms with Gasteiger partial charge in [0.25, 0.3) is 0 Å². The van der Waals surface area contributed by atoms with Gasteiger partial charge in [-0.05, 0) is 41.4 Å². The minimum Gasteiger partial charge on any atom is -0.490 e. The minimum atomic E-state index is -0.871. The van der Waals surface area contributed by atoms with Crippen molar-refractivity contribution in [3.63, 3.8) is 0 Å². The molecule has 1 aromatic carbocycles. The molecule has 5 heteroatoms. The molecule has 0 spiro atoms. The second-order valence-electron chi connectivity index (χ2n) is 4.30. The van der Waals surface area contributed by atoms with Crippen LogP contribution < -0.4 is 9.47 Å². The molecule has 1 aromatic heterocycles. The Balaban J connectivity index is 1.91. The van der Waals surface area contributed by atoms with Crippen molar-refractivity contribution >= 4 is 11.6 Å². The molecule has 1 aliphatic heterocycles. The molecule has 1 N–H and O–H groups in total. The SMILES string of the molecule is OC(c1ccc2c(c1)OCCCO2)c1ccc(Cl)o1. The van der Waals surface area contributed by atoms with Crippen LogP contribution in [0.15, 0.2) is 34.7 Å². The highest BCUT2D eigenvalue weighted by Gasteiger charge is 2.18. The van der Waals surface area contributed by atoms with Gasteiger partial charge in [-0.25, -0.2) is 0 Å². The smallest absolute Gasteiger partial charge is 0.193 e. The number of hydrogen-bond donors (Lipinski definition) is 1. The van der Waals surface area contributed by atoms with Gasteiger partial charge in [-0.1, -0.05) is 6.07 Å². The van der Waals surface area contributed by atoms with Crippen molar-refractivity contribution in [1.29, 1.82) is 0 Å². The summed E-state index contributed by atoms with van der Waals surface area (Å²) >= 11 is 5.71. The Kier molecular flexibility index (Phi) is 3.36. The lowest BCUT2D eigenvalue weighted by molar-refractivity contribution is 0.189.